The predicted molar refractivity (Wildman–Crippen MR) is 109 cm³/mol. The lowest BCUT2D eigenvalue weighted by molar-refractivity contribution is 0.0824. The Bertz CT molecular complexity index is 1120. The zero-order chi connectivity index (χ0) is 21.3. The Morgan fingerprint density at radius 1 is 1.24 bits per heavy atom. The summed E-state index contributed by atoms with van der Waals surface area (Å²) in [5.41, 5.74) is -0.389. The number of para-hydroxylation sites is 1. The van der Waals surface area contributed by atoms with E-state index in [1.54, 1.807) is 33.2 Å². The van der Waals surface area contributed by atoms with Gasteiger partial charge in [-0.3, -0.25) is 14.4 Å². The minimum absolute atomic E-state index is 0.0263. The number of hydrogen-bond acceptors (Lipinski definition) is 8. The van der Waals surface area contributed by atoms with Crippen LogP contribution in [-0.2, 0) is 0 Å². The second-order valence-electron chi connectivity index (χ2n) is 6.90. The highest BCUT2D eigenvalue weighted by Gasteiger charge is 2.26. The fraction of sp³-hybridized carbons (Fsp3) is 0.300. The van der Waals surface area contributed by atoms with Crippen LogP contribution in [0.4, 0.5) is 17.1 Å². The van der Waals surface area contributed by atoms with E-state index in [0.717, 1.165) is 0 Å². The number of anilines is 3. The molecule has 0 aliphatic heterocycles. The van der Waals surface area contributed by atoms with Crippen molar-refractivity contribution in [1.82, 2.24) is 10.1 Å². The number of aromatic nitrogens is 1. The number of phenols is 1. The van der Waals surface area contributed by atoms with E-state index in [9.17, 15) is 19.5 Å². The number of carbonyl (C=O) groups excluding carboxylic acids is 1. The van der Waals surface area contributed by atoms with E-state index in [1.807, 2.05) is 6.92 Å². The third-order valence-electron chi connectivity index (χ3n) is 4.57. The lowest BCUT2D eigenvalue weighted by Gasteiger charge is -2.21. The first-order chi connectivity index (χ1) is 13.7. The Labute approximate surface area is 166 Å². The average molecular weight is 398 g/mol. The Hall–Kier alpha value is -3.62. The Morgan fingerprint density at radius 3 is 2.52 bits per heavy atom. The molecule has 9 nitrogen and oxygen atoms in total. The van der Waals surface area contributed by atoms with Gasteiger partial charge in [-0.05, 0) is 25.5 Å². The number of aromatic hydroxyl groups is 1. The number of benzene rings is 1. The van der Waals surface area contributed by atoms with Crippen LogP contribution in [0.5, 0.6) is 5.75 Å². The third-order valence-corrected chi connectivity index (χ3v) is 4.57. The molecule has 9 heteroatoms. The SMILES string of the molecule is CCC(Nc1c(Nc2cccc(C(=O)N(C)C)c2O)c(=O)c1=O)c1cc(C)on1. The summed E-state index contributed by atoms with van der Waals surface area (Å²) in [7, 11) is 3.13. The minimum atomic E-state index is -0.706. The highest BCUT2D eigenvalue weighted by molar-refractivity contribution is 5.99. The van der Waals surface area contributed by atoms with Crippen molar-refractivity contribution in [3.8, 4) is 5.75 Å². The number of hydrogen-bond donors (Lipinski definition) is 3. The molecule has 1 aromatic heterocycles. The fourth-order valence-electron chi connectivity index (χ4n) is 2.95. The van der Waals surface area contributed by atoms with E-state index >= 15 is 0 Å². The molecule has 0 spiro atoms. The first-order valence-corrected chi connectivity index (χ1v) is 9.08. The van der Waals surface area contributed by atoms with Crippen molar-refractivity contribution in [3.05, 3.63) is 61.7 Å². The van der Waals surface area contributed by atoms with Gasteiger partial charge < -0.3 is 25.2 Å². The van der Waals surface area contributed by atoms with Gasteiger partial charge in [0.2, 0.25) is 0 Å². The third kappa shape index (κ3) is 3.71. The monoisotopic (exact) mass is 398 g/mol. The molecule has 1 amide bonds. The van der Waals surface area contributed by atoms with Crippen molar-refractivity contribution in [2.45, 2.75) is 26.3 Å². The van der Waals surface area contributed by atoms with Crippen molar-refractivity contribution >= 4 is 23.0 Å². The van der Waals surface area contributed by atoms with E-state index in [0.29, 0.717) is 17.9 Å². The summed E-state index contributed by atoms with van der Waals surface area (Å²) in [6, 6.07) is 5.99. The van der Waals surface area contributed by atoms with E-state index in [4.69, 9.17) is 4.52 Å². The summed E-state index contributed by atoms with van der Waals surface area (Å²) in [6.45, 7) is 3.67. The molecule has 3 rings (SSSR count). The highest BCUT2D eigenvalue weighted by Crippen LogP contribution is 2.33. The van der Waals surface area contributed by atoms with Gasteiger partial charge in [0.1, 0.15) is 22.8 Å². The lowest BCUT2D eigenvalue weighted by Crippen LogP contribution is -2.37. The summed E-state index contributed by atoms with van der Waals surface area (Å²) >= 11 is 0. The zero-order valence-corrected chi connectivity index (χ0v) is 16.6. The summed E-state index contributed by atoms with van der Waals surface area (Å²) in [6.07, 6.45) is 0.599. The van der Waals surface area contributed by atoms with Gasteiger partial charge in [-0.15, -0.1) is 0 Å². The highest BCUT2D eigenvalue weighted by atomic mass is 16.5. The molecule has 0 aliphatic carbocycles. The fourth-order valence-corrected chi connectivity index (χ4v) is 2.95. The molecule has 3 N–H and O–H groups in total. The summed E-state index contributed by atoms with van der Waals surface area (Å²) in [5.74, 6) is -0.0535. The average Bonchev–Trinajstić information content (AvgIpc) is 3.13. The van der Waals surface area contributed by atoms with Crippen LogP contribution in [0.15, 0.2) is 38.4 Å². The van der Waals surface area contributed by atoms with Crippen molar-refractivity contribution in [2.24, 2.45) is 0 Å². The number of nitrogens with zero attached hydrogens (tertiary/aromatic N) is 2. The summed E-state index contributed by atoms with van der Waals surface area (Å²) < 4.78 is 5.08. The number of rotatable bonds is 7. The molecule has 152 valence electrons. The zero-order valence-electron chi connectivity index (χ0n) is 16.6. The van der Waals surface area contributed by atoms with Crippen LogP contribution in [0.3, 0.4) is 0 Å². The van der Waals surface area contributed by atoms with Crippen LogP contribution in [0, 0.1) is 6.92 Å². The van der Waals surface area contributed by atoms with Gasteiger partial charge in [0, 0.05) is 20.2 Å². The van der Waals surface area contributed by atoms with Gasteiger partial charge in [0.15, 0.2) is 5.75 Å². The van der Waals surface area contributed by atoms with Crippen LogP contribution in [0.2, 0.25) is 0 Å². The van der Waals surface area contributed by atoms with Gasteiger partial charge >= 0.3 is 0 Å². The molecular formula is C20H22N4O5. The molecule has 0 fully saturated rings. The Morgan fingerprint density at radius 2 is 1.93 bits per heavy atom. The van der Waals surface area contributed by atoms with E-state index in [1.165, 1.54) is 17.0 Å². The van der Waals surface area contributed by atoms with Crippen LogP contribution >= 0.6 is 0 Å². The molecule has 29 heavy (non-hydrogen) atoms. The second kappa shape index (κ2) is 7.78. The molecule has 0 aliphatic rings. The van der Waals surface area contributed by atoms with Gasteiger partial charge in [0.25, 0.3) is 16.8 Å². The van der Waals surface area contributed by atoms with Crippen molar-refractivity contribution in [2.75, 3.05) is 24.7 Å². The summed E-state index contributed by atoms with van der Waals surface area (Å²) in [5, 5.41) is 20.2. The molecule has 1 unspecified atom stereocenters. The van der Waals surface area contributed by atoms with Gasteiger partial charge in [0.05, 0.1) is 17.3 Å². The standard InChI is InChI=1S/C20H22N4O5/c1-5-12(14-9-10(2)29-23-14)21-15-16(19(27)18(15)26)22-13-8-6-7-11(17(13)25)20(28)24(3)4/h6-9,12,21-22,25H,5H2,1-4H3. The number of nitrogens with one attached hydrogen (secondary N) is 2. The number of aryl methyl sites for hydroxylation is 1. The molecule has 1 atom stereocenters. The molecule has 3 aromatic rings. The van der Waals surface area contributed by atoms with Crippen LogP contribution in [-0.4, -0.2) is 35.2 Å². The molecule has 0 bridgehead atoms. The Balaban J connectivity index is 1.90. The van der Waals surface area contributed by atoms with Gasteiger partial charge in [-0.25, -0.2) is 0 Å². The van der Waals surface area contributed by atoms with E-state index < -0.39 is 10.9 Å². The van der Waals surface area contributed by atoms with Crippen LogP contribution in [0.25, 0.3) is 0 Å². The van der Waals surface area contributed by atoms with Gasteiger partial charge in [-0.2, -0.15) is 0 Å². The van der Waals surface area contributed by atoms with Crippen molar-refractivity contribution in [1.29, 1.82) is 0 Å². The maximum atomic E-state index is 12.2. The van der Waals surface area contributed by atoms with Crippen molar-refractivity contribution in [3.63, 3.8) is 0 Å². The smallest absolute Gasteiger partial charge is 0.257 e. The predicted octanol–water partition coefficient (Wildman–Crippen LogP) is 2.29. The molecular weight excluding hydrogens is 376 g/mol. The van der Waals surface area contributed by atoms with Crippen molar-refractivity contribution < 1.29 is 14.4 Å². The number of amides is 1. The second-order valence-corrected chi connectivity index (χ2v) is 6.90. The molecule has 1 heterocycles. The largest absolute Gasteiger partial charge is 0.505 e. The molecule has 0 radical (unpaired) electrons. The first-order valence-electron chi connectivity index (χ1n) is 9.08. The maximum absolute atomic E-state index is 12.2. The first kappa shape index (κ1) is 20.1. The maximum Gasteiger partial charge on any atom is 0.257 e. The summed E-state index contributed by atoms with van der Waals surface area (Å²) in [4.78, 5) is 37.8. The quantitative estimate of drug-likeness (QED) is 0.409. The van der Waals surface area contributed by atoms with E-state index in [-0.39, 0.29) is 40.3 Å². The number of carbonyl (C=O) groups is 1. The van der Waals surface area contributed by atoms with Crippen LogP contribution < -0.4 is 21.5 Å². The molecule has 2 aromatic carbocycles. The minimum Gasteiger partial charge on any atom is -0.505 e. The van der Waals surface area contributed by atoms with E-state index in [2.05, 4.69) is 15.8 Å². The molecule has 0 saturated heterocycles. The normalized spacial score (nSPS) is 12.0. The molecule has 0 saturated carbocycles. The number of phenolic OH excluding ortho intramolecular Hbond substituents is 1. The van der Waals surface area contributed by atoms with Crippen LogP contribution in [0.1, 0.15) is 41.2 Å². The Kier molecular flexibility index (Phi) is 5.40. The lowest BCUT2D eigenvalue weighted by atomic mass is 10.1. The van der Waals surface area contributed by atoms with Gasteiger partial charge in [-0.1, -0.05) is 18.1 Å². The topological polar surface area (TPSA) is 125 Å².